The summed E-state index contributed by atoms with van der Waals surface area (Å²) in [5.41, 5.74) is 2.59. The van der Waals surface area contributed by atoms with Gasteiger partial charge >= 0.3 is 0 Å². The summed E-state index contributed by atoms with van der Waals surface area (Å²) in [4.78, 5) is 12.3. The number of aryl methyl sites for hydroxylation is 2. The maximum Gasteiger partial charge on any atom is 0.206 e. The van der Waals surface area contributed by atoms with E-state index in [1.165, 1.54) is 12.8 Å². The quantitative estimate of drug-likeness (QED) is 0.715. The van der Waals surface area contributed by atoms with Crippen LogP contribution in [0.5, 0.6) is 0 Å². The fourth-order valence-electron chi connectivity index (χ4n) is 2.21. The molecule has 0 amide bonds. The Hall–Kier alpha value is -1.38. The van der Waals surface area contributed by atoms with E-state index < -0.39 is 0 Å². The Kier molecular flexibility index (Phi) is 3.22. The molecule has 1 aromatic rings. The Morgan fingerprint density at radius 1 is 1.38 bits per heavy atom. The first-order chi connectivity index (χ1) is 7.68. The number of nitrogens with zero attached hydrogens (tertiary/aromatic N) is 2. The Labute approximate surface area is 96.2 Å². The van der Waals surface area contributed by atoms with Gasteiger partial charge in [-0.1, -0.05) is 12.5 Å². The molecule has 0 N–H and O–H groups in total. The molecule has 3 nitrogen and oxygen atoms in total. The van der Waals surface area contributed by atoms with E-state index in [1.807, 2.05) is 20.0 Å². The van der Waals surface area contributed by atoms with Gasteiger partial charge in [0.15, 0.2) is 0 Å². The molecule has 0 atom stereocenters. The van der Waals surface area contributed by atoms with Crippen molar-refractivity contribution in [3.05, 3.63) is 29.1 Å². The van der Waals surface area contributed by atoms with Crippen LogP contribution < -0.4 is 0 Å². The van der Waals surface area contributed by atoms with Crippen LogP contribution in [0.4, 0.5) is 0 Å². The van der Waals surface area contributed by atoms with Crippen molar-refractivity contribution < 1.29 is 4.79 Å². The number of Topliss-reactive ketones (excluding diaryl/α,β-unsaturated/α-hetero) is 1. The third-order valence-corrected chi connectivity index (χ3v) is 3.07. The average molecular weight is 218 g/mol. The van der Waals surface area contributed by atoms with Crippen LogP contribution in [-0.4, -0.2) is 15.6 Å². The summed E-state index contributed by atoms with van der Waals surface area (Å²) >= 11 is 0. The number of ketones is 1. The summed E-state index contributed by atoms with van der Waals surface area (Å²) < 4.78 is 1.68. The topological polar surface area (TPSA) is 34.9 Å². The van der Waals surface area contributed by atoms with Crippen LogP contribution in [0.1, 0.15) is 48.3 Å². The Bertz CT molecular complexity index is 429. The first kappa shape index (κ1) is 11.1. The van der Waals surface area contributed by atoms with Gasteiger partial charge in [0.1, 0.15) is 5.69 Å². The first-order valence-electron chi connectivity index (χ1n) is 5.93. The lowest BCUT2D eigenvalue weighted by Crippen LogP contribution is -2.09. The lowest BCUT2D eigenvalue weighted by molar-refractivity contribution is 0.102. The second kappa shape index (κ2) is 4.64. The summed E-state index contributed by atoms with van der Waals surface area (Å²) in [6.07, 6.45) is 7.64. The van der Waals surface area contributed by atoms with Gasteiger partial charge < -0.3 is 0 Å². The van der Waals surface area contributed by atoms with Gasteiger partial charge in [-0.3, -0.25) is 9.48 Å². The fraction of sp³-hybridized carbons (Fsp3) is 0.538. The number of allylic oxidation sites excluding steroid dienone is 2. The molecule has 1 heterocycles. The number of aromatic nitrogens is 2. The van der Waals surface area contributed by atoms with Crippen molar-refractivity contribution in [1.82, 2.24) is 9.78 Å². The third-order valence-electron chi connectivity index (χ3n) is 3.07. The normalized spacial score (nSPS) is 16.8. The summed E-state index contributed by atoms with van der Waals surface area (Å²) in [6, 6.07) is 1.87. The minimum absolute atomic E-state index is 0.157. The number of carbonyl (C=O) groups is 1. The molecule has 2 rings (SSSR count). The molecule has 0 aliphatic heterocycles. The highest BCUT2D eigenvalue weighted by atomic mass is 16.1. The van der Waals surface area contributed by atoms with Crippen LogP contribution in [0.3, 0.4) is 0 Å². The van der Waals surface area contributed by atoms with Crippen LogP contribution in [0.15, 0.2) is 17.7 Å². The van der Waals surface area contributed by atoms with Crippen molar-refractivity contribution in [1.29, 1.82) is 0 Å². The smallest absolute Gasteiger partial charge is 0.206 e. The molecule has 0 bridgehead atoms. The zero-order valence-corrected chi connectivity index (χ0v) is 9.99. The SMILES string of the molecule is Cc1cc(C(=O)C2=CCCCCC2)n(C)n1. The Morgan fingerprint density at radius 3 is 2.88 bits per heavy atom. The molecule has 1 aliphatic carbocycles. The summed E-state index contributed by atoms with van der Waals surface area (Å²) in [5.74, 6) is 0.157. The molecule has 1 aromatic heterocycles. The van der Waals surface area contributed by atoms with E-state index in [1.54, 1.807) is 4.68 Å². The van der Waals surface area contributed by atoms with E-state index in [2.05, 4.69) is 11.2 Å². The van der Waals surface area contributed by atoms with Gasteiger partial charge in [0.2, 0.25) is 5.78 Å². The van der Waals surface area contributed by atoms with Gasteiger partial charge in [-0.15, -0.1) is 0 Å². The molecule has 0 spiro atoms. The van der Waals surface area contributed by atoms with E-state index in [0.29, 0.717) is 5.69 Å². The predicted octanol–water partition coefficient (Wildman–Crippen LogP) is 2.80. The van der Waals surface area contributed by atoms with E-state index in [-0.39, 0.29) is 5.78 Å². The number of rotatable bonds is 2. The Morgan fingerprint density at radius 2 is 2.19 bits per heavy atom. The minimum Gasteiger partial charge on any atom is -0.287 e. The molecule has 3 heteroatoms. The van der Waals surface area contributed by atoms with Crippen molar-refractivity contribution in [2.75, 3.05) is 0 Å². The second-order valence-electron chi connectivity index (χ2n) is 4.45. The highest BCUT2D eigenvalue weighted by Crippen LogP contribution is 2.20. The first-order valence-corrected chi connectivity index (χ1v) is 5.93. The van der Waals surface area contributed by atoms with Crippen LogP contribution in [0, 0.1) is 6.92 Å². The highest BCUT2D eigenvalue weighted by molar-refractivity contribution is 6.07. The van der Waals surface area contributed by atoms with Gasteiger partial charge in [-0.25, -0.2) is 0 Å². The van der Waals surface area contributed by atoms with Gasteiger partial charge in [0.25, 0.3) is 0 Å². The van der Waals surface area contributed by atoms with Crippen LogP contribution in [0.2, 0.25) is 0 Å². The average Bonchev–Trinajstić information content (AvgIpc) is 2.49. The standard InChI is InChI=1S/C13H18N2O/c1-10-9-12(15(2)14-10)13(16)11-7-5-3-4-6-8-11/h7,9H,3-6,8H2,1-2H3. The third kappa shape index (κ3) is 2.23. The largest absolute Gasteiger partial charge is 0.287 e. The zero-order valence-electron chi connectivity index (χ0n) is 9.99. The van der Waals surface area contributed by atoms with Crippen molar-refractivity contribution in [2.45, 2.75) is 39.0 Å². The molecule has 0 saturated carbocycles. The van der Waals surface area contributed by atoms with Crippen molar-refractivity contribution in [3.63, 3.8) is 0 Å². The molecular formula is C13H18N2O. The van der Waals surface area contributed by atoms with Gasteiger partial charge in [0, 0.05) is 7.05 Å². The van der Waals surface area contributed by atoms with Crippen molar-refractivity contribution >= 4 is 5.78 Å². The lowest BCUT2D eigenvalue weighted by Gasteiger charge is -2.04. The molecule has 0 unspecified atom stereocenters. The highest BCUT2D eigenvalue weighted by Gasteiger charge is 2.17. The van der Waals surface area contributed by atoms with E-state index in [4.69, 9.17) is 0 Å². The number of hydrogen-bond acceptors (Lipinski definition) is 2. The zero-order chi connectivity index (χ0) is 11.5. The fourth-order valence-corrected chi connectivity index (χ4v) is 2.21. The molecule has 0 aromatic carbocycles. The summed E-state index contributed by atoms with van der Waals surface area (Å²) in [6.45, 7) is 1.91. The molecular weight excluding hydrogens is 200 g/mol. The maximum atomic E-state index is 12.3. The minimum atomic E-state index is 0.157. The monoisotopic (exact) mass is 218 g/mol. The summed E-state index contributed by atoms with van der Waals surface area (Å²) in [7, 11) is 1.83. The second-order valence-corrected chi connectivity index (χ2v) is 4.45. The molecule has 16 heavy (non-hydrogen) atoms. The van der Waals surface area contributed by atoms with E-state index in [0.717, 1.165) is 30.5 Å². The summed E-state index contributed by atoms with van der Waals surface area (Å²) in [5, 5.41) is 4.22. The van der Waals surface area contributed by atoms with Crippen molar-refractivity contribution in [2.24, 2.45) is 7.05 Å². The van der Waals surface area contributed by atoms with Crippen LogP contribution >= 0.6 is 0 Å². The van der Waals surface area contributed by atoms with E-state index in [9.17, 15) is 4.79 Å². The van der Waals surface area contributed by atoms with Crippen LogP contribution in [0.25, 0.3) is 0 Å². The molecule has 0 saturated heterocycles. The van der Waals surface area contributed by atoms with Gasteiger partial charge in [-0.2, -0.15) is 5.10 Å². The molecule has 1 aliphatic rings. The lowest BCUT2D eigenvalue weighted by atomic mass is 10.0. The van der Waals surface area contributed by atoms with Gasteiger partial charge in [0.05, 0.1) is 5.69 Å². The van der Waals surface area contributed by atoms with Crippen LogP contribution in [-0.2, 0) is 7.05 Å². The van der Waals surface area contributed by atoms with Gasteiger partial charge in [-0.05, 0) is 44.2 Å². The molecule has 86 valence electrons. The van der Waals surface area contributed by atoms with Crippen molar-refractivity contribution in [3.8, 4) is 0 Å². The molecule has 0 fully saturated rings. The predicted molar refractivity (Wildman–Crippen MR) is 63.4 cm³/mol. The Balaban J connectivity index is 2.24. The number of hydrogen-bond donors (Lipinski definition) is 0. The number of carbonyl (C=O) groups excluding carboxylic acids is 1. The van der Waals surface area contributed by atoms with E-state index >= 15 is 0 Å². The molecule has 0 radical (unpaired) electrons. The maximum absolute atomic E-state index is 12.3.